The monoisotopic (exact) mass is 335 g/mol. The van der Waals surface area contributed by atoms with Gasteiger partial charge in [0.05, 0.1) is 6.16 Å². The van der Waals surface area contributed by atoms with Gasteiger partial charge in [0.15, 0.2) is 0 Å². The Morgan fingerprint density at radius 2 is 1.83 bits per heavy atom. The molecule has 23 heavy (non-hydrogen) atoms. The number of rotatable bonds is 6. The van der Waals surface area contributed by atoms with Gasteiger partial charge < -0.3 is 20.6 Å². The van der Waals surface area contributed by atoms with Crippen molar-refractivity contribution in [3.05, 3.63) is 59.7 Å². The van der Waals surface area contributed by atoms with Gasteiger partial charge in [-0.2, -0.15) is 0 Å². The van der Waals surface area contributed by atoms with Crippen LogP contribution in [-0.4, -0.2) is 26.9 Å². The summed E-state index contributed by atoms with van der Waals surface area (Å²) >= 11 is 0. The molecule has 0 radical (unpaired) electrons. The Kier molecular flexibility index (Phi) is 5.34. The highest BCUT2D eigenvalue weighted by Gasteiger charge is 2.17. The Morgan fingerprint density at radius 3 is 2.48 bits per heavy atom. The molecule has 122 valence electrons. The molecule has 0 amide bonds. The fraction of sp³-hybridized carbons (Fsp3) is 0.188. The molecular weight excluding hydrogens is 317 g/mol. The Labute approximate surface area is 133 Å². The second-order valence-corrected chi connectivity index (χ2v) is 6.97. The molecule has 0 saturated heterocycles. The highest BCUT2D eigenvalue weighted by atomic mass is 31.2. The van der Waals surface area contributed by atoms with Crippen LogP contribution >= 0.6 is 7.60 Å². The SMILES string of the molecule is N[C@@H](Cc1cccc(-c2ccccc2CP(=O)(O)O)c1)C(=O)O. The lowest BCUT2D eigenvalue weighted by atomic mass is 9.97. The van der Waals surface area contributed by atoms with Crippen LogP contribution in [0.2, 0.25) is 0 Å². The Bertz CT molecular complexity index is 756. The van der Waals surface area contributed by atoms with Gasteiger partial charge in [-0.3, -0.25) is 9.36 Å². The fourth-order valence-electron chi connectivity index (χ4n) is 2.37. The molecule has 0 aliphatic carbocycles. The van der Waals surface area contributed by atoms with Crippen LogP contribution in [-0.2, 0) is 21.9 Å². The molecule has 0 spiro atoms. The predicted octanol–water partition coefficient (Wildman–Crippen LogP) is 1.99. The molecule has 0 saturated carbocycles. The van der Waals surface area contributed by atoms with E-state index in [1.807, 2.05) is 6.07 Å². The van der Waals surface area contributed by atoms with Gasteiger partial charge in [-0.1, -0.05) is 48.5 Å². The van der Waals surface area contributed by atoms with Crippen molar-refractivity contribution in [1.82, 2.24) is 0 Å². The molecule has 0 aromatic heterocycles. The highest BCUT2D eigenvalue weighted by molar-refractivity contribution is 7.50. The minimum atomic E-state index is -4.18. The molecule has 0 fully saturated rings. The largest absolute Gasteiger partial charge is 0.480 e. The van der Waals surface area contributed by atoms with Crippen molar-refractivity contribution < 1.29 is 24.3 Å². The molecule has 0 unspecified atom stereocenters. The maximum atomic E-state index is 11.3. The van der Waals surface area contributed by atoms with E-state index in [4.69, 9.17) is 10.8 Å². The Hall–Kier alpha value is -1.98. The lowest BCUT2D eigenvalue weighted by Gasteiger charge is -2.12. The Balaban J connectivity index is 2.36. The van der Waals surface area contributed by atoms with E-state index in [9.17, 15) is 19.1 Å². The quantitative estimate of drug-likeness (QED) is 0.599. The minimum absolute atomic E-state index is 0.184. The van der Waals surface area contributed by atoms with Crippen molar-refractivity contribution in [2.24, 2.45) is 5.73 Å². The van der Waals surface area contributed by atoms with Gasteiger partial charge in [-0.25, -0.2) is 0 Å². The maximum absolute atomic E-state index is 11.3. The zero-order valence-corrected chi connectivity index (χ0v) is 13.2. The van der Waals surface area contributed by atoms with Crippen LogP contribution in [0.25, 0.3) is 11.1 Å². The van der Waals surface area contributed by atoms with Crippen LogP contribution in [0, 0.1) is 0 Å². The highest BCUT2D eigenvalue weighted by Crippen LogP contribution is 2.41. The molecule has 0 heterocycles. The average Bonchev–Trinajstić information content (AvgIpc) is 2.46. The molecular formula is C16H18NO5P. The van der Waals surface area contributed by atoms with Crippen molar-refractivity contribution >= 4 is 13.6 Å². The van der Waals surface area contributed by atoms with E-state index >= 15 is 0 Å². The first-order chi connectivity index (χ1) is 10.8. The normalized spacial score (nSPS) is 12.8. The van der Waals surface area contributed by atoms with Gasteiger partial charge in [0.1, 0.15) is 6.04 Å². The third-order valence-electron chi connectivity index (χ3n) is 3.40. The standard InChI is InChI=1S/C16H18NO5P/c17-15(16(18)19)9-11-4-3-6-12(8-11)14-7-2-1-5-13(14)10-23(20,21)22/h1-8,15H,9-10,17H2,(H,18,19)(H2,20,21,22)/t15-/m0/s1. The number of hydrogen-bond donors (Lipinski definition) is 4. The number of nitrogens with two attached hydrogens (primary N) is 1. The van der Waals surface area contributed by atoms with E-state index < -0.39 is 19.6 Å². The summed E-state index contributed by atoms with van der Waals surface area (Å²) in [7, 11) is -4.18. The van der Waals surface area contributed by atoms with Crippen molar-refractivity contribution in [2.45, 2.75) is 18.6 Å². The summed E-state index contributed by atoms with van der Waals surface area (Å²) in [6, 6.07) is 13.1. The average molecular weight is 335 g/mol. The molecule has 2 rings (SSSR count). The van der Waals surface area contributed by atoms with Gasteiger partial charge in [0, 0.05) is 0 Å². The van der Waals surface area contributed by atoms with E-state index in [1.54, 1.807) is 42.5 Å². The van der Waals surface area contributed by atoms with E-state index in [0.717, 1.165) is 11.1 Å². The first-order valence-corrected chi connectivity index (χ1v) is 8.76. The van der Waals surface area contributed by atoms with E-state index in [2.05, 4.69) is 0 Å². The first kappa shape index (κ1) is 17.4. The van der Waals surface area contributed by atoms with Gasteiger partial charge >= 0.3 is 13.6 Å². The zero-order valence-electron chi connectivity index (χ0n) is 12.3. The second-order valence-electron chi connectivity index (χ2n) is 5.33. The molecule has 7 heteroatoms. The number of carbonyl (C=O) groups is 1. The van der Waals surface area contributed by atoms with Crippen molar-refractivity contribution in [2.75, 3.05) is 0 Å². The smallest absolute Gasteiger partial charge is 0.329 e. The summed E-state index contributed by atoms with van der Waals surface area (Å²) in [5, 5.41) is 8.89. The molecule has 6 nitrogen and oxygen atoms in total. The third-order valence-corrected chi connectivity index (χ3v) is 4.16. The first-order valence-electron chi connectivity index (χ1n) is 6.96. The molecule has 1 atom stereocenters. The van der Waals surface area contributed by atoms with Gasteiger partial charge in [-0.15, -0.1) is 0 Å². The van der Waals surface area contributed by atoms with Crippen LogP contribution in [0.1, 0.15) is 11.1 Å². The predicted molar refractivity (Wildman–Crippen MR) is 86.9 cm³/mol. The van der Waals surface area contributed by atoms with Crippen LogP contribution in [0.5, 0.6) is 0 Å². The number of carboxylic acids is 1. The molecule has 2 aromatic carbocycles. The summed E-state index contributed by atoms with van der Waals surface area (Å²) < 4.78 is 11.3. The number of hydrogen-bond acceptors (Lipinski definition) is 3. The summed E-state index contributed by atoms with van der Waals surface area (Å²) in [6.45, 7) is 0. The lowest BCUT2D eigenvalue weighted by molar-refractivity contribution is -0.138. The van der Waals surface area contributed by atoms with E-state index in [1.165, 1.54) is 0 Å². The number of benzene rings is 2. The summed E-state index contributed by atoms with van der Waals surface area (Å²) in [6.07, 6.45) is -0.161. The van der Waals surface area contributed by atoms with Crippen molar-refractivity contribution in [3.63, 3.8) is 0 Å². The van der Waals surface area contributed by atoms with Gasteiger partial charge in [0.25, 0.3) is 0 Å². The van der Waals surface area contributed by atoms with Gasteiger partial charge in [0.2, 0.25) is 0 Å². The Morgan fingerprint density at radius 1 is 1.13 bits per heavy atom. The van der Waals surface area contributed by atoms with E-state index in [-0.39, 0.29) is 12.6 Å². The van der Waals surface area contributed by atoms with E-state index in [0.29, 0.717) is 11.1 Å². The summed E-state index contributed by atoms with van der Waals surface area (Å²) in [5.74, 6) is -1.07. The lowest BCUT2D eigenvalue weighted by Crippen LogP contribution is -2.32. The van der Waals surface area contributed by atoms with Crippen LogP contribution in [0.15, 0.2) is 48.5 Å². The van der Waals surface area contributed by atoms with Crippen molar-refractivity contribution in [3.8, 4) is 11.1 Å². The van der Waals surface area contributed by atoms with Crippen LogP contribution < -0.4 is 5.73 Å². The summed E-state index contributed by atoms with van der Waals surface area (Å²) in [5.41, 5.74) is 8.32. The zero-order chi connectivity index (χ0) is 17.0. The molecule has 0 aliphatic heterocycles. The van der Waals surface area contributed by atoms with Crippen molar-refractivity contribution in [1.29, 1.82) is 0 Å². The van der Waals surface area contributed by atoms with Crippen LogP contribution in [0.3, 0.4) is 0 Å². The third kappa shape index (κ3) is 5.01. The maximum Gasteiger partial charge on any atom is 0.329 e. The second kappa shape index (κ2) is 7.06. The molecule has 2 aromatic rings. The molecule has 0 aliphatic rings. The van der Waals surface area contributed by atoms with Gasteiger partial charge in [-0.05, 0) is 28.7 Å². The molecule has 5 N–H and O–H groups in total. The fourth-order valence-corrected chi connectivity index (χ4v) is 3.09. The summed E-state index contributed by atoms with van der Waals surface area (Å²) in [4.78, 5) is 29.3. The number of carboxylic acid groups (broad SMARTS) is 1. The molecule has 0 bridgehead atoms. The topological polar surface area (TPSA) is 121 Å². The minimum Gasteiger partial charge on any atom is -0.480 e. The number of aliphatic carboxylic acids is 1. The van der Waals surface area contributed by atoms with Crippen LogP contribution in [0.4, 0.5) is 0 Å².